The number of nitrogen functional groups attached to an aromatic ring is 2. The highest BCUT2D eigenvalue weighted by Gasteiger charge is 2.19. The van der Waals surface area contributed by atoms with E-state index in [9.17, 15) is 0 Å². The van der Waals surface area contributed by atoms with E-state index in [1.165, 1.54) is 22.7 Å². The van der Waals surface area contributed by atoms with Crippen LogP contribution in [0.5, 0.6) is 0 Å². The van der Waals surface area contributed by atoms with Crippen LogP contribution in [-0.4, -0.2) is 9.97 Å². The van der Waals surface area contributed by atoms with Gasteiger partial charge >= 0.3 is 0 Å². The molecule has 4 aromatic rings. The average molecular weight is 496 g/mol. The number of rotatable bonds is 5. The number of thiophene rings is 2. The minimum atomic E-state index is 0.529. The predicted octanol–water partition coefficient (Wildman–Crippen LogP) is 7.33. The number of thiazole rings is 2. The molecule has 4 N–H and O–H groups in total. The number of nitrogens with two attached hydrogens (primary N) is 2. The van der Waals surface area contributed by atoms with Crippen molar-refractivity contribution in [2.45, 2.75) is 8.42 Å². The zero-order chi connectivity index (χ0) is 18.3. The highest BCUT2D eigenvalue weighted by atomic mass is 35.5. The highest BCUT2D eigenvalue weighted by molar-refractivity contribution is 8.77. The van der Waals surface area contributed by atoms with Crippen molar-refractivity contribution < 1.29 is 0 Å². The van der Waals surface area contributed by atoms with E-state index in [2.05, 4.69) is 9.97 Å². The molecule has 4 aromatic heterocycles. The number of nitrogens with zero attached hydrogens (tertiary/aromatic N) is 2. The summed E-state index contributed by atoms with van der Waals surface area (Å²) in [6.07, 6.45) is 0. The lowest BCUT2D eigenvalue weighted by Gasteiger charge is -2.00. The highest BCUT2D eigenvalue weighted by Crippen LogP contribution is 2.51. The Morgan fingerprint density at radius 1 is 0.769 bits per heavy atom. The monoisotopic (exact) mass is 494 g/mol. The summed E-state index contributed by atoms with van der Waals surface area (Å²) in [5, 5.41) is 6.23. The molecule has 0 aliphatic carbocycles. The van der Waals surface area contributed by atoms with Crippen molar-refractivity contribution in [1.82, 2.24) is 9.97 Å². The van der Waals surface area contributed by atoms with Gasteiger partial charge in [0.15, 0.2) is 10.3 Å². The Morgan fingerprint density at radius 2 is 1.19 bits per heavy atom. The summed E-state index contributed by atoms with van der Waals surface area (Å²) < 4.78 is 2.04. The summed E-state index contributed by atoms with van der Waals surface area (Å²) in [6.45, 7) is 0. The van der Waals surface area contributed by atoms with Crippen molar-refractivity contribution in [2.75, 3.05) is 11.5 Å². The first kappa shape index (κ1) is 18.9. The normalized spacial score (nSPS) is 11.3. The lowest BCUT2D eigenvalue weighted by atomic mass is 10.4. The van der Waals surface area contributed by atoms with Gasteiger partial charge in [-0.3, -0.25) is 0 Å². The van der Waals surface area contributed by atoms with E-state index in [1.807, 2.05) is 22.9 Å². The quantitative estimate of drug-likeness (QED) is 0.282. The third kappa shape index (κ3) is 4.02. The van der Waals surface area contributed by atoms with Crippen LogP contribution in [0.3, 0.4) is 0 Å². The molecule has 26 heavy (non-hydrogen) atoms. The molecule has 0 atom stereocenters. The maximum absolute atomic E-state index is 6.05. The zero-order valence-electron chi connectivity index (χ0n) is 12.6. The van der Waals surface area contributed by atoms with Gasteiger partial charge in [0.2, 0.25) is 0 Å². The number of anilines is 2. The smallest absolute Gasteiger partial charge is 0.181 e. The lowest BCUT2D eigenvalue weighted by molar-refractivity contribution is 1.39. The van der Waals surface area contributed by atoms with Crippen molar-refractivity contribution in [3.63, 3.8) is 0 Å². The number of halogens is 2. The van der Waals surface area contributed by atoms with Crippen LogP contribution < -0.4 is 11.5 Å². The topological polar surface area (TPSA) is 77.8 Å². The Hall–Kier alpha value is -0.460. The summed E-state index contributed by atoms with van der Waals surface area (Å²) in [7, 11) is 3.19. The second kappa shape index (κ2) is 7.88. The molecule has 0 saturated carbocycles. The van der Waals surface area contributed by atoms with Crippen molar-refractivity contribution in [1.29, 1.82) is 0 Å². The van der Waals surface area contributed by atoms with Gasteiger partial charge in [0.1, 0.15) is 19.8 Å². The van der Waals surface area contributed by atoms with Crippen molar-refractivity contribution in [2.24, 2.45) is 0 Å². The standard InChI is InChI=1S/C14H8Cl2N4S6/c15-5-1-7(21-3-5)9-11(23-13(17)19-9)25-26-12-10(20-14(18)24-12)8-2-6(16)4-22-8/h1-4H,(H2,17,19)(H2,18,20). The van der Waals surface area contributed by atoms with Gasteiger partial charge in [-0.2, -0.15) is 0 Å². The van der Waals surface area contributed by atoms with E-state index in [4.69, 9.17) is 34.7 Å². The first-order valence-corrected chi connectivity index (χ1v) is 13.2. The molecule has 0 amide bonds. The lowest BCUT2D eigenvalue weighted by Crippen LogP contribution is -1.81. The second-order valence-electron chi connectivity index (χ2n) is 4.80. The van der Waals surface area contributed by atoms with E-state index < -0.39 is 0 Å². The van der Waals surface area contributed by atoms with Crippen LogP contribution in [0.4, 0.5) is 10.3 Å². The summed E-state index contributed by atoms with van der Waals surface area (Å²) in [6, 6.07) is 3.80. The Balaban J connectivity index is 1.61. The number of aromatic nitrogens is 2. The van der Waals surface area contributed by atoms with Crippen LogP contribution in [0, 0.1) is 0 Å². The Morgan fingerprint density at radius 3 is 1.54 bits per heavy atom. The van der Waals surface area contributed by atoms with Gasteiger partial charge < -0.3 is 11.5 Å². The van der Waals surface area contributed by atoms with Crippen LogP contribution in [0.15, 0.2) is 31.3 Å². The summed E-state index contributed by atoms with van der Waals surface area (Å²) >= 11 is 18.1. The second-order valence-corrected chi connectivity index (χ2v) is 12.2. The number of hydrogen-bond acceptors (Lipinski definition) is 10. The maximum Gasteiger partial charge on any atom is 0.181 e. The van der Waals surface area contributed by atoms with Gasteiger partial charge in [-0.15, -0.1) is 22.7 Å². The van der Waals surface area contributed by atoms with Crippen molar-refractivity contribution >= 4 is 100 Å². The summed E-state index contributed by atoms with van der Waals surface area (Å²) in [4.78, 5) is 10.9. The van der Waals surface area contributed by atoms with E-state index in [0.717, 1.165) is 29.6 Å². The molecule has 4 nitrogen and oxygen atoms in total. The van der Waals surface area contributed by atoms with Crippen molar-refractivity contribution in [3.05, 3.63) is 32.9 Å². The Labute approximate surface area is 183 Å². The largest absolute Gasteiger partial charge is 0.375 e. The molecule has 12 heteroatoms. The summed E-state index contributed by atoms with van der Waals surface area (Å²) in [5.41, 5.74) is 13.6. The van der Waals surface area contributed by atoms with Crippen molar-refractivity contribution in [3.8, 4) is 21.1 Å². The van der Waals surface area contributed by atoms with Crippen LogP contribution in [0.25, 0.3) is 21.1 Å². The first-order valence-electron chi connectivity index (χ1n) is 6.85. The molecule has 134 valence electrons. The molecule has 0 radical (unpaired) electrons. The minimum Gasteiger partial charge on any atom is -0.375 e. The SMILES string of the molecule is Nc1nc(-c2cc(Cl)cs2)c(SSc2sc(N)nc2-c2cc(Cl)cs2)s1. The number of hydrogen-bond donors (Lipinski definition) is 2. The molecule has 4 heterocycles. The van der Waals surface area contributed by atoms with Crippen LogP contribution >= 0.6 is 90.1 Å². The zero-order valence-corrected chi connectivity index (χ0v) is 19.0. The fraction of sp³-hybridized carbons (Fsp3) is 0. The fourth-order valence-electron chi connectivity index (χ4n) is 2.02. The van der Waals surface area contributed by atoms with Gasteiger partial charge in [0.25, 0.3) is 0 Å². The molecule has 0 aliphatic rings. The third-order valence-electron chi connectivity index (χ3n) is 3.02. The molecular weight excluding hydrogens is 487 g/mol. The van der Waals surface area contributed by atoms with Gasteiger partial charge in [-0.25, -0.2) is 9.97 Å². The fourth-order valence-corrected chi connectivity index (χ4v) is 9.13. The third-order valence-corrected chi connectivity index (χ3v) is 10.6. The van der Waals surface area contributed by atoms with E-state index in [0.29, 0.717) is 20.3 Å². The van der Waals surface area contributed by atoms with E-state index in [1.54, 1.807) is 44.3 Å². The van der Waals surface area contributed by atoms with Crippen LogP contribution in [-0.2, 0) is 0 Å². The van der Waals surface area contributed by atoms with Crippen LogP contribution in [0.1, 0.15) is 0 Å². The minimum absolute atomic E-state index is 0.529. The Bertz CT molecular complexity index is 981. The van der Waals surface area contributed by atoms with Gasteiger partial charge in [-0.1, -0.05) is 45.9 Å². The summed E-state index contributed by atoms with van der Waals surface area (Å²) in [5.74, 6) is 0. The molecule has 0 unspecified atom stereocenters. The maximum atomic E-state index is 6.05. The molecule has 4 rings (SSSR count). The average Bonchev–Trinajstić information content (AvgIpc) is 3.34. The molecule has 0 aromatic carbocycles. The molecule has 0 fully saturated rings. The molecule has 0 saturated heterocycles. The van der Waals surface area contributed by atoms with Crippen LogP contribution in [0.2, 0.25) is 10.0 Å². The van der Waals surface area contributed by atoms with E-state index in [-0.39, 0.29) is 0 Å². The first-order chi connectivity index (χ1) is 12.5. The molecule has 0 spiro atoms. The molecular formula is C14H8Cl2N4S6. The Kier molecular flexibility index (Phi) is 5.72. The van der Waals surface area contributed by atoms with Gasteiger partial charge in [0, 0.05) is 10.8 Å². The van der Waals surface area contributed by atoms with Gasteiger partial charge in [0.05, 0.1) is 19.8 Å². The van der Waals surface area contributed by atoms with Gasteiger partial charge in [-0.05, 0) is 33.7 Å². The molecule has 0 aliphatic heterocycles. The van der Waals surface area contributed by atoms with E-state index >= 15 is 0 Å². The molecule has 0 bridgehead atoms. The predicted molar refractivity (Wildman–Crippen MR) is 121 cm³/mol.